The first-order chi connectivity index (χ1) is 14.0. The van der Waals surface area contributed by atoms with Crippen LogP contribution in [0.5, 0.6) is 0 Å². The highest BCUT2D eigenvalue weighted by molar-refractivity contribution is 6.35. The van der Waals surface area contributed by atoms with E-state index in [1.54, 1.807) is 20.8 Å². The van der Waals surface area contributed by atoms with Crippen molar-refractivity contribution in [2.45, 2.75) is 39.3 Å². The number of carbonyl (C=O) groups is 1. The number of ether oxygens (including phenoxy) is 1. The number of nitrogens with zero attached hydrogens (tertiary/aromatic N) is 3. The fourth-order valence-electron chi connectivity index (χ4n) is 2.85. The van der Waals surface area contributed by atoms with Crippen LogP contribution in [0, 0.1) is 11.6 Å². The number of pyridine rings is 1. The van der Waals surface area contributed by atoms with Gasteiger partial charge in [0.2, 0.25) is 0 Å². The molecule has 2 aromatic heterocycles. The molecule has 0 aliphatic carbocycles. The summed E-state index contributed by atoms with van der Waals surface area (Å²) >= 11 is 6.11. The van der Waals surface area contributed by atoms with E-state index in [9.17, 15) is 18.4 Å². The molecule has 0 saturated heterocycles. The van der Waals surface area contributed by atoms with Crippen LogP contribution in [0.2, 0.25) is 5.02 Å². The molecule has 1 atom stereocenters. The average Bonchev–Trinajstić information content (AvgIpc) is 2.62. The summed E-state index contributed by atoms with van der Waals surface area (Å²) in [7, 11) is 0. The van der Waals surface area contributed by atoms with Gasteiger partial charge in [-0.25, -0.2) is 18.6 Å². The number of benzene rings is 1. The minimum absolute atomic E-state index is 0.0127. The summed E-state index contributed by atoms with van der Waals surface area (Å²) in [5.41, 5.74) is -1.71. The average molecular weight is 437 g/mol. The summed E-state index contributed by atoms with van der Waals surface area (Å²) in [5, 5.41) is 2.37. The van der Waals surface area contributed by atoms with E-state index in [-0.39, 0.29) is 27.4 Å². The maximum absolute atomic E-state index is 14.4. The lowest BCUT2D eigenvalue weighted by atomic mass is 10.2. The Labute approximate surface area is 175 Å². The molecule has 1 unspecified atom stereocenters. The van der Waals surface area contributed by atoms with Crippen molar-refractivity contribution in [2.75, 3.05) is 0 Å². The second-order valence-electron chi connectivity index (χ2n) is 7.59. The third-order valence-electron chi connectivity index (χ3n) is 4.02. The third kappa shape index (κ3) is 4.40. The van der Waals surface area contributed by atoms with E-state index < -0.39 is 34.9 Å². The molecule has 0 aliphatic heterocycles. The Hall–Kier alpha value is -3.07. The van der Waals surface area contributed by atoms with Crippen molar-refractivity contribution in [2.24, 2.45) is 0 Å². The number of hydrogen-bond donors (Lipinski definition) is 1. The predicted molar refractivity (Wildman–Crippen MR) is 108 cm³/mol. The summed E-state index contributed by atoms with van der Waals surface area (Å²) in [6, 6.07) is 2.48. The van der Waals surface area contributed by atoms with Gasteiger partial charge in [-0.15, -0.1) is 0 Å². The number of carbonyl (C=O) groups excluding carboxylic acids is 1. The Balaban J connectivity index is 2.23. The minimum Gasteiger partial charge on any atom is -0.444 e. The van der Waals surface area contributed by atoms with Gasteiger partial charge in [-0.1, -0.05) is 11.6 Å². The highest BCUT2D eigenvalue weighted by Gasteiger charge is 2.24. The molecule has 30 heavy (non-hydrogen) atoms. The molecular formula is C20H19ClF2N4O3. The van der Waals surface area contributed by atoms with Crippen molar-refractivity contribution in [3.63, 3.8) is 0 Å². The molecule has 1 amide bonds. The number of fused-ring (bicyclic) bond motifs is 1. The molecule has 0 spiro atoms. The number of hydrogen-bond acceptors (Lipinski definition) is 5. The maximum atomic E-state index is 14.4. The van der Waals surface area contributed by atoms with E-state index in [1.807, 2.05) is 0 Å². The number of aromatic nitrogens is 3. The first kappa shape index (κ1) is 21.6. The number of rotatable bonds is 3. The smallest absolute Gasteiger partial charge is 0.408 e. The molecule has 7 nitrogen and oxygen atoms in total. The van der Waals surface area contributed by atoms with E-state index >= 15 is 0 Å². The van der Waals surface area contributed by atoms with Crippen LogP contribution in [-0.4, -0.2) is 26.2 Å². The fraction of sp³-hybridized carbons (Fsp3) is 0.300. The normalized spacial score (nSPS) is 12.6. The Morgan fingerprint density at radius 3 is 2.60 bits per heavy atom. The third-order valence-corrected chi connectivity index (χ3v) is 4.33. The molecule has 0 radical (unpaired) electrons. The molecule has 3 aromatic rings. The van der Waals surface area contributed by atoms with Crippen LogP contribution in [0.3, 0.4) is 0 Å². The van der Waals surface area contributed by atoms with Crippen LogP contribution < -0.4 is 10.9 Å². The molecule has 1 N–H and O–H groups in total. The largest absolute Gasteiger partial charge is 0.444 e. The Bertz CT molecular complexity index is 1190. The molecule has 10 heteroatoms. The van der Waals surface area contributed by atoms with Crippen LogP contribution in [0.25, 0.3) is 16.6 Å². The SMILES string of the molecule is CC(NC(=O)OC(C)(C)C)c1nc2c(F)ccc(Cl)c2c(=O)n1-c1cncc(F)c1. The van der Waals surface area contributed by atoms with Gasteiger partial charge in [0.05, 0.1) is 34.5 Å². The first-order valence-electron chi connectivity index (χ1n) is 8.99. The Kier molecular flexibility index (Phi) is 5.76. The highest BCUT2D eigenvalue weighted by atomic mass is 35.5. The van der Waals surface area contributed by atoms with E-state index in [0.717, 1.165) is 22.9 Å². The predicted octanol–water partition coefficient (Wildman–Crippen LogP) is 4.30. The molecule has 0 fully saturated rings. The molecule has 1 aromatic carbocycles. The maximum Gasteiger partial charge on any atom is 0.408 e. The van der Waals surface area contributed by atoms with Crippen molar-refractivity contribution < 1.29 is 18.3 Å². The van der Waals surface area contributed by atoms with Crippen molar-refractivity contribution in [3.05, 3.63) is 63.4 Å². The molecule has 0 saturated carbocycles. The van der Waals surface area contributed by atoms with Gasteiger partial charge in [0, 0.05) is 6.07 Å². The zero-order valence-corrected chi connectivity index (χ0v) is 17.4. The van der Waals surface area contributed by atoms with Crippen molar-refractivity contribution in [1.29, 1.82) is 0 Å². The Morgan fingerprint density at radius 1 is 1.27 bits per heavy atom. The van der Waals surface area contributed by atoms with Gasteiger partial charge in [0.1, 0.15) is 28.6 Å². The number of halogens is 3. The summed E-state index contributed by atoms with van der Waals surface area (Å²) in [5.74, 6) is -1.50. The van der Waals surface area contributed by atoms with Crippen molar-refractivity contribution in [3.8, 4) is 5.69 Å². The number of amides is 1. The lowest BCUT2D eigenvalue weighted by Gasteiger charge is -2.23. The van der Waals surface area contributed by atoms with Crippen LogP contribution in [0.1, 0.15) is 39.6 Å². The standard InChI is InChI=1S/C20H19ClF2N4O3/c1-10(25-19(29)30-20(2,3)4)17-26-16-14(23)6-5-13(21)15(16)18(28)27(17)12-7-11(22)8-24-9-12/h5-10H,1-4H3,(H,25,29). The molecule has 0 bridgehead atoms. The van der Waals surface area contributed by atoms with Crippen LogP contribution in [0.15, 0.2) is 35.4 Å². The summed E-state index contributed by atoms with van der Waals surface area (Å²) in [6.07, 6.45) is 1.45. The van der Waals surface area contributed by atoms with Crippen molar-refractivity contribution in [1.82, 2.24) is 19.9 Å². The summed E-state index contributed by atoms with van der Waals surface area (Å²) < 4.78 is 34.5. The van der Waals surface area contributed by atoms with Crippen LogP contribution in [-0.2, 0) is 4.74 Å². The zero-order chi connectivity index (χ0) is 22.2. The second kappa shape index (κ2) is 7.98. The first-order valence-corrected chi connectivity index (χ1v) is 9.37. The van der Waals surface area contributed by atoms with Gasteiger partial charge in [0.25, 0.3) is 5.56 Å². The monoisotopic (exact) mass is 436 g/mol. The lowest BCUT2D eigenvalue weighted by Crippen LogP contribution is -2.37. The zero-order valence-electron chi connectivity index (χ0n) is 16.7. The van der Waals surface area contributed by atoms with E-state index in [1.165, 1.54) is 19.2 Å². The Morgan fingerprint density at radius 2 is 1.97 bits per heavy atom. The van der Waals surface area contributed by atoms with Gasteiger partial charge >= 0.3 is 6.09 Å². The minimum atomic E-state index is -0.904. The van der Waals surface area contributed by atoms with Gasteiger partial charge in [-0.05, 0) is 39.8 Å². The molecular weight excluding hydrogens is 418 g/mol. The van der Waals surface area contributed by atoms with Gasteiger partial charge in [-0.3, -0.25) is 14.3 Å². The lowest BCUT2D eigenvalue weighted by molar-refractivity contribution is 0.0505. The topological polar surface area (TPSA) is 86.1 Å². The summed E-state index contributed by atoms with van der Waals surface area (Å²) in [6.45, 7) is 6.61. The van der Waals surface area contributed by atoms with Crippen molar-refractivity contribution >= 4 is 28.6 Å². The molecule has 0 aliphatic rings. The van der Waals surface area contributed by atoms with Gasteiger partial charge in [0.15, 0.2) is 0 Å². The molecule has 3 rings (SSSR count). The number of nitrogens with one attached hydrogen (secondary N) is 1. The van der Waals surface area contributed by atoms with E-state index in [2.05, 4.69) is 15.3 Å². The van der Waals surface area contributed by atoms with Gasteiger partial charge < -0.3 is 10.1 Å². The molecule has 2 heterocycles. The quantitative estimate of drug-likeness (QED) is 0.661. The number of alkyl carbamates (subject to hydrolysis) is 1. The summed E-state index contributed by atoms with van der Waals surface area (Å²) in [4.78, 5) is 33.4. The van der Waals surface area contributed by atoms with E-state index in [0.29, 0.717) is 0 Å². The van der Waals surface area contributed by atoms with Gasteiger partial charge in [-0.2, -0.15) is 0 Å². The van der Waals surface area contributed by atoms with Crippen LogP contribution >= 0.6 is 11.6 Å². The van der Waals surface area contributed by atoms with E-state index in [4.69, 9.17) is 16.3 Å². The fourth-order valence-corrected chi connectivity index (χ4v) is 3.08. The highest BCUT2D eigenvalue weighted by Crippen LogP contribution is 2.25. The second-order valence-corrected chi connectivity index (χ2v) is 8.00. The van der Waals surface area contributed by atoms with Crippen LogP contribution in [0.4, 0.5) is 13.6 Å². The molecule has 158 valence electrons.